The van der Waals surface area contributed by atoms with E-state index in [0.717, 1.165) is 49.1 Å². The van der Waals surface area contributed by atoms with E-state index in [1.54, 1.807) is 20.5 Å². The zero-order valence-corrected chi connectivity index (χ0v) is 16.0. The van der Waals surface area contributed by atoms with Crippen molar-refractivity contribution < 1.29 is 13.9 Å². The van der Waals surface area contributed by atoms with Crippen molar-refractivity contribution in [2.75, 3.05) is 33.9 Å². The molecule has 0 atom stereocenters. The Labute approximate surface area is 160 Å². The molecule has 0 saturated carbocycles. The summed E-state index contributed by atoms with van der Waals surface area (Å²) in [5.74, 6) is 3.37. The second-order valence-electron chi connectivity index (χ2n) is 6.35. The SMILES string of the molecule is C=CCNC(=NCCc1ccco1)N1CCc2cc(OC)c(OC)cc2C1. The Bertz CT molecular complexity index is 784. The molecule has 1 aromatic carbocycles. The number of hydrogen-bond acceptors (Lipinski definition) is 4. The van der Waals surface area contributed by atoms with Crippen molar-refractivity contribution >= 4 is 5.96 Å². The average Bonchev–Trinajstić information content (AvgIpc) is 3.22. The highest BCUT2D eigenvalue weighted by molar-refractivity contribution is 5.80. The van der Waals surface area contributed by atoms with Gasteiger partial charge in [-0.15, -0.1) is 6.58 Å². The van der Waals surface area contributed by atoms with Crippen LogP contribution in [-0.4, -0.2) is 44.7 Å². The summed E-state index contributed by atoms with van der Waals surface area (Å²) in [7, 11) is 3.33. The summed E-state index contributed by atoms with van der Waals surface area (Å²) in [6.07, 6.45) is 5.25. The summed E-state index contributed by atoms with van der Waals surface area (Å²) < 4.78 is 16.3. The topological polar surface area (TPSA) is 59.2 Å². The molecule has 0 bridgehead atoms. The zero-order chi connectivity index (χ0) is 19.1. The van der Waals surface area contributed by atoms with Crippen LogP contribution in [-0.2, 0) is 19.4 Å². The van der Waals surface area contributed by atoms with Gasteiger partial charge in [0.15, 0.2) is 17.5 Å². The second kappa shape index (κ2) is 9.16. The highest BCUT2D eigenvalue weighted by Gasteiger charge is 2.21. The van der Waals surface area contributed by atoms with Gasteiger partial charge in [0, 0.05) is 32.6 Å². The van der Waals surface area contributed by atoms with E-state index in [0.29, 0.717) is 13.1 Å². The van der Waals surface area contributed by atoms with Crippen LogP contribution in [0.3, 0.4) is 0 Å². The van der Waals surface area contributed by atoms with Gasteiger partial charge in [-0.3, -0.25) is 4.99 Å². The number of nitrogens with zero attached hydrogens (tertiary/aromatic N) is 2. The lowest BCUT2D eigenvalue weighted by Gasteiger charge is -2.32. The molecule has 0 fully saturated rings. The highest BCUT2D eigenvalue weighted by atomic mass is 16.5. The van der Waals surface area contributed by atoms with Crippen LogP contribution in [0.4, 0.5) is 0 Å². The molecule has 0 saturated heterocycles. The number of nitrogens with one attached hydrogen (secondary N) is 1. The summed E-state index contributed by atoms with van der Waals surface area (Å²) in [4.78, 5) is 7.04. The van der Waals surface area contributed by atoms with Gasteiger partial charge in [-0.25, -0.2) is 0 Å². The number of methoxy groups -OCH3 is 2. The third kappa shape index (κ3) is 4.64. The molecule has 6 nitrogen and oxygen atoms in total. The molecule has 0 unspecified atom stereocenters. The molecule has 2 heterocycles. The van der Waals surface area contributed by atoms with Gasteiger partial charge in [-0.1, -0.05) is 6.08 Å². The minimum Gasteiger partial charge on any atom is -0.493 e. The lowest BCUT2D eigenvalue weighted by molar-refractivity contribution is 0.346. The van der Waals surface area contributed by atoms with E-state index in [2.05, 4.69) is 28.9 Å². The lowest BCUT2D eigenvalue weighted by Crippen LogP contribution is -2.44. The zero-order valence-electron chi connectivity index (χ0n) is 16.0. The lowest BCUT2D eigenvalue weighted by atomic mass is 9.99. The van der Waals surface area contributed by atoms with Crippen LogP contribution in [0.1, 0.15) is 16.9 Å². The van der Waals surface area contributed by atoms with Crippen molar-refractivity contribution in [3.8, 4) is 11.5 Å². The van der Waals surface area contributed by atoms with Gasteiger partial charge in [-0.2, -0.15) is 0 Å². The number of ether oxygens (including phenoxy) is 2. The molecule has 1 aromatic heterocycles. The van der Waals surface area contributed by atoms with Gasteiger partial charge in [0.2, 0.25) is 0 Å². The van der Waals surface area contributed by atoms with Crippen molar-refractivity contribution in [2.24, 2.45) is 4.99 Å². The molecule has 0 radical (unpaired) electrons. The monoisotopic (exact) mass is 369 g/mol. The molecule has 27 heavy (non-hydrogen) atoms. The molecule has 3 rings (SSSR count). The molecule has 2 aromatic rings. The number of guanidine groups is 1. The van der Waals surface area contributed by atoms with Gasteiger partial charge in [0.1, 0.15) is 5.76 Å². The third-order valence-electron chi connectivity index (χ3n) is 4.62. The fourth-order valence-corrected chi connectivity index (χ4v) is 3.22. The number of fused-ring (bicyclic) bond motifs is 1. The van der Waals surface area contributed by atoms with Gasteiger partial charge in [0.05, 0.1) is 20.5 Å². The minimum atomic E-state index is 0.669. The molecule has 1 N–H and O–H groups in total. The first-order valence-electron chi connectivity index (χ1n) is 9.15. The molecule has 1 aliphatic heterocycles. The third-order valence-corrected chi connectivity index (χ3v) is 4.62. The van der Waals surface area contributed by atoms with E-state index in [9.17, 15) is 0 Å². The Morgan fingerprint density at radius 2 is 2.07 bits per heavy atom. The summed E-state index contributed by atoms with van der Waals surface area (Å²) in [5.41, 5.74) is 2.53. The molecule has 0 spiro atoms. The number of hydrogen-bond donors (Lipinski definition) is 1. The molecule has 6 heteroatoms. The molecular formula is C21H27N3O3. The maximum Gasteiger partial charge on any atom is 0.194 e. The second-order valence-corrected chi connectivity index (χ2v) is 6.35. The minimum absolute atomic E-state index is 0.669. The number of furan rings is 1. The van der Waals surface area contributed by atoms with Crippen molar-refractivity contribution in [1.29, 1.82) is 0 Å². The Morgan fingerprint density at radius 1 is 1.30 bits per heavy atom. The number of aliphatic imine (C=N–C) groups is 1. The standard InChI is InChI=1S/C21H27N3O3/c1-4-9-22-21(23-10-7-18-6-5-12-27-18)24-11-8-16-13-19(25-2)20(26-3)14-17(16)15-24/h4-6,12-14H,1,7-11,15H2,2-3H3,(H,22,23). The summed E-state index contributed by atoms with van der Waals surface area (Å²) in [6.45, 7) is 6.81. The first-order valence-corrected chi connectivity index (χ1v) is 9.15. The number of benzene rings is 1. The maximum atomic E-state index is 5.46. The first-order chi connectivity index (χ1) is 13.2. The van der Waals surface area contributed by atoms with Crippen LogP contribution in [0.5, 0.6) is 11.5 Å². The molecule has 144 valence electrons. The van der Waals surface area contributed by atoms with Crippen molar-refractivity contribution in [3.63, 3.8) is 0 Å². The highest BCUT2D eigenvalue weighted by Crippen LogP contribution is 2.33. The van der Waals surface area contributed by atoms with E-state index >= 15 is 0 Å². The predicted octanol–water partition coefficient (Wildman–Crippen LogP) is 3.03. The Balaban J connectivity index is 1.74. The smallest absolute Gasteiger partial charge is 0.194 e. The van der Waals surface area contributed by atoms with E-state index < -0.39 is 0 Å². The Hall–Kier alpha value is -2.89. The molecular weight excluding hydrogens is 342 g/mol. The summed E-state index contributed by atoms with van der Waals surface area (Å²) >= 11 is 0. The summed E-state index contributed by atoms with van der Waals surface area (Å²) in [6, 6.07) is 8.02. The fourth-order valence-electron chi connectivity index (χ4n) is 3.22. The van der Waals surface area contributed by atoms with E-state index in [1.807, 2.05) is 18.2 Å². The molecule has 0 amide bonds. The van der Waals surface area contributed by atoms with Crippen LogP contribution in [0.15, 0.2) is 52.6 Å². The predicted molar refractivity (Wildman–Crippen MR) is 107 cm³/mol. The van der Waals surface area contributed by atoms with Crippen molar-refractivity contribution in [2.45, 2.75) is 19.4 Å². The van der Waals surface area contributed by atoms with Crippen LogP contribution >= 0.6 is 0 Å². The van der Waals surface area contributed by atoms with Crippen LogP contribution < -0.4 is 14.8 Å². The normalized spacial score (nSPS) is 13.9. The van der Waals surface area contributed by atoms with E-state index in [-0.39, 0.29) is 0 Å². The van der Waals surface area contributed by atoms with E-state index in [4.69, 9.17) is 18.9 Å². The Morgan fingerprint density at radius 3 is 2.74 bits per heavy atom. The summed E-state index contributed by atoms with van der Waals surface area (Å²) in [5, 5.41) is 3.37. The quantitative estimate of drug-likeness (QED) is 0.462. The van der Waals surface area contributed by atoms with Crippen LogP contribution in [0.25, 0.3) is 0 Å². The average molecular weight is 369 g/mol. The van der Waals surface area contributed by atoms with Crippen LogP contribution in [0, 0.1) is 0 Å². The fraction of sp³-hybridized carbons (Fsp3) is 0.381. The maximum absolute atomic E-state index is 5.46. The Kier molecular flexibility index (Phi) is 6.41. The first kappa shape index (κ1) is 18.9. The number of rotatable bonds is 7. The van der Waals surface area contributed by atoms with Gasteiger partial charge in [0.25, 0.3) is 0 Å². The van der Waals surface area contributed by atoms with Gasteiger partial charge < -0.3 is 24.1 Å². The largest absolute Gasteiger partial charge is 0.493 e. The molecule has 0 aliphatic carbocycles. The van der Waals surface area contributed by atoms with Crippen molar-refractivity contribution in [3.05, 3.63) is 60.1 Å². The van der Waals surface area contributed by atoms with Gasteiger partial charge >= 0.3 is 0 Å². The molecule has 1 aliphatic rings. The van der Waals surface area contributed by atoms with Gasteiger partial charge in [-0.05, 0) is 41.8 Å². The van der Waals surface area contributed by atoms with Crippen molar-refractivity contribution in [1.82, 2.24) is 10.2 Å². The van der Waals surface area contributed by atoms with E-state index in [1.165, 1.54) is 11.1 Å². The van der Waals surface area contributed by atoms with Crippen LogP contribution in [0.2, 0.25) is 0 Å².